The predicted octanol–water partition coefficient (Wildman–Crippen LogP) is 1.65. The molecule has 16 heavy (non-hydrogen) atoms. The number of hydrogen-bond acceptors (Lipinski definition) is 3. The van der Waals surface area contributed by atoms with E-state index in [-0.39, 0.29) is 29.7 Å². The molecule has 0 unspecified atom stereocenters. The van der Waals surface area contributed by atoms with E-state index in [2.05, 4.69) is 13.2 Å². The quantitative estimate of drug-likeness (QED) is 0.681. The van der Waals surface area contributed by atoms with Crippen molar-refractivity contribution in [1.82, 2.24) is 4.90 Å². The van der Waals surface area contributed by atoms with Gasteiger partial charge in [-0.1, -0.05) is 39.2 Å². The Kier molecular flexibility index (Phi) is 6.03. The van der Waals surface area contributed by atoms with Crippen LogP contribution in [0.2, 0.25) is 0 Å². The van der Waals surface area contributed by atoms with Crippen LogP contribution in [0.3, 0.4) is 0 Å². The molecule has 0 saturated carbocycles. The van der Waals surface area contributed by atoms with Gasteiger partial charge in [-0.25, -0.2) is 0 Å². The third kappa shape index (κ3) is 2.46. The molecule has 1 aliphatic heterocycles. The maximum absolute atomic E-state index is 11.6. The zero-order chi connectivity index (χ0) is 12.7. The lowest BCUT2D eigenvalue weighted by atomic mass is 10.1. The summed E-state index contributed by atoms with van der Waals surface area (Å²) in [4.78, 5) is 24.1. The molecular weight excluding hydrogens is 206 g/mol. The van der Waals surface area contributed by atoms with Crippen LogP contribution in [0, 0.1) is 0 Å². The van der Waals surface area contributed by atoms with E-state index in [0.717, 1.165) is 4.90 Å². The molecule has 0 aliphatic carbocycles. The standard InChI is InChI=1S/C10H11NO3.C2H6/c1-4-7-8(5-2)10(13)11(6-14-3)9(7)12;1-2/h4-5H,1-2,6H2,3H3;1-2H3. The zero-order valence-corrected chi connectivity index (χ0v) is 9.95. The third-order valence-corrected chi connectivity index (χ3v) is 1.91. The van der Waals surface area contributed by atoms with Crippen LogP contribution < -0.4 is 0 Å². The van der Waals surface area contributed by atoms with Gasteiger partial charge in [0.1, 0.15) is 6.73 Å². The Morgan fingerprint density at radius 2 is 1.50 bits per heavy atom. The van der Waals surface area contributed by atoms with Gasteiger partial charge in [-0.3, -0.25) is 14.5 Å². The van der Waals surface area contributed by atoms with Crippen molar-refractivity contribution in [2.45, 2.75) is 13.8 Å². The highest BCUT2D eigenvalue weighted by Crippen LogP contribution is 2.21. The summed E-state index contributed by atoms with van der Waals surface area (Å²) in [5.41, 5.74) is 0.559. The highest BCUT2D eigenvalue weighted by atomic mass is 16.5. The summed E-state index contributed by atoms with van der Waals surface area (Å²) in [5.74, 6) is -0.775. The van der Waals surface area contributed by atoms with Gasteiger partial charge in [0.25, 0.3) is 11.8 Å². The number of rotatable bonds is 4. The van der Waals surface area contributed by atoms with Crippen LogP contribution in [-0.4, -0.2) is 30.6 Å². The van der Waals surface area contributed by atoms with Crippen LogP contribution in [0.15, 0.2) is 36.5 Å². The highest BCUT2D eigenvalue weighted by Gasteiger charge is 2.34. The molecule has 0 saturated heterocycles. The van der Waals surface area contributed by atoms with Crippen molar-refractivity contribution >= 4 is 11.8 Å². The van der Waals surface area contributed by atoms with Crippen molar-refractivity contribution in [2.75, 3.05) is 13.8 Å². The molecule has 1 heterocycles. The summed E-state index contributed by atoms with van der Waals surface area (Å²) in [7, 11) is 1.42. The van der Waals surface area contributed by atoms with Gasteiger partial charge < -0.3 is 4.74 Å². The van der Waals surface area contributed by atoms with Gasteiger partial charge >= 0.3 is 0 Å². The molecule has 0 aromatic heterocycles. The topological polar surface area (TPSA) is 46.6 Å². The normalized spacial score (nSPS) is 14.8. The number of carbonyl (C=O) groups excluding carboxylic acids is 2. The van der Waals surface area contributed by atoms with Gasteiger partial charge in [0.05, 0.1) is 11.1 Å². The molecule has 0 aromatic rings. The number of amides is 2. The molecule has 0 spiro atoms. The lowest BCUT2D eigenvalue weighted by Gasteiger charge is -2.12. The van der Waals surface area contributed by atoms with E-state index >= 15 is 0 Å². The molecule has 1 aliphatic rings. The fourth-order valence-corrected chi connectivity index (χ4v) is 1.25. The molecule has 4 heteroatoms. The van der Waals surface area contributed by atoms with Crippen molar-refractivity contribution in [3.05, 3.63) is 36.5 Å². The van der Waals surface area contributed by atoms with Crippen molar-refractivity contribution in [2.24, 2.45) is 0 Å². The number of ether oxygens (including phenoxy) is 1. The molecule has 0 fully saturated rings. The van der Waals surface area contributed by atoms with Crippen LogP contribution in [0.25, 0.3) is 0 Å². The molecule has 2 amide bonds. The van der Waals surface area contributed by atoms with E-state index < -0.39 is 0 Å². The number of nitrogens with zero attached hydrogens (tertiary/aromatic N) is 1. The Balaban J connectivity index is 0.00000106. The van der Waals surface area contributed by atoms with Gasteiger partial charge in [-0.2, -0.15) is 0 Å². The summed E-state index contributed by atoms with van der Waals surface area (Å²) in [6.45, 7) is 10.9. The second-order valence-corrected chi connectivity index (χ2v) is 2.69. The number of imide groups is 1. The van der Waals surface area contributed by atoms with Crippen LogP contribution >= 0.6 is 0 Å². The van der Waals surface area contributed by atoms with Crippen molar-refractivity contribution in [1.29, 1.82) is 0 Å². The largest absolute Gasteiger partial charge is 0.364 e. The van der Waals surface area contributed by atoms with Crippen LogP contribution in [0.5, 0.6) is 0 Å². The van der Waals surface area contributed by atoms with E-state index in [9.17, 15) is 9.59 Å². The fourth-order valence-electron chi connectivity index (χ4n) is 1.25. The van der Waals surface area contributed by atoms with Gasteiger partial charge in [0.15, 0.2) is 0 Å². The summed E-state index contributed by atoms with van der Waals surface area (Å²) < 4.78 is 4.74. The Morgan fingerprint density at radius 1 is 1.12 bits per heavy atom. The minimum atomic E-state index is -0.387. The molecule has 0 aromatic carbocycles. The van der Waals surface area contributed by atoms with E-state index in [0.29, 0.717) is 0 Å². The Morgan fingerprint density at radius 3 is 1.75 bits per heavy atom. The van der Waals surface area contributed by atoms with Crippen molar-refractivity contribution in [3.63, 3.8) is 0 Å². The third-order valence-electron chi connectivity index (χ3n) is 1.91. The first-order valence-corrected chi connectivity index (χ1v) is 5.01. The molecule has 88 valence electrons. The molecule has 4 nitrogen and oxygen atoms in total. The minimum absolute atomic E-state index is 0.0493. The van der Waals surface area contributed by atoms with Crippen LogP contribution in [0.1, 0.15) is 13.8 Å². The second-order valence-electron chi connectivity index (χ2n) is 2.69. The molecule has 0 bridgehead atoms. The Hall–Kier alpha value is -1.68. The average molecular weight is 223 g/mol. The summed E-state index contributed by atoms with van der Waals surface area (Å²) in [5, 5.41) is 0. The van der Waals surface area contributed by atoms with Gasteiger partial charge in [0.2, 0.25) is 0 Å². The molecular formula is C12H17NO3. The fraction of sp³-hybridized carbons (Fsp3) is 0.333. The lowest BCUT2D eigenvalue weighted by molar-refractivity contribution is -0.142. The summed E-state index contributed by atoms with van der Waals surface area (Å²) in [6, 6.07) is 0. The van der Waals surface area contributed by atoms with E-state index in [1.165, 1.54) is 19.3 Å². The summed E-state index contributed by atoms with van der Waals surface area (Å²) >= 11 is 0. The number of methoxy groups -OCH3 is 1. The van der Waals surface area contributed by atoms with Crippen molar-refractivity contribution < 1.29 is 14.3 Å². The first-order valence-electron chi connectivity index (χ1n) is 5.01. The first-order chi connectivity index (χ1) is 7.67. The average Bonchev–Trinajstić information content (AvgIpc) is 2.55. The molecule has 0 radical (unpaired) electrons. The van der Waals surface area contributed by atoms with Gasteiger partial charge in [0, 0.05) is 7.11 Å². The Labute approximate surface area is 95.9 Å². The van der Waals surface area contributed by atoms with Gasteiger partial charge in [-0.15, -0.1) is 0 Å². The second kappa shape index (κ2) is 6.74. The lowest BCUT2D eigenvalue weighted by Crippen LogP contribution is -2.33. The highest BCUT2D eigenvalue weighted by molar-refractivity contribution is 6.21. The number of carbonyl (C=O) groups is 2. The van der Waals surface area contributed by atoms with Crippen molar-refractivity contribution in [3.8, 4) is 0 Å². The molecule has 0 atom stereocenters. The van der Waals surface area contributed by atoms with E-state index in [4.69, 9.17) is 4.74 Å². The smallest absolute Gasteiger partial charge is 0.263 e. The van der Waals surface area contributed by atoms with Crippen LogP contribution in [-0.2, 0) is 14.3 Å². The van der Waals surface area contributed by atoms with Gasteiger partial charge in [-0.05, 0) is 0 Å². The summed E-state index contributed by atoms with van der Waals surface area (Å²) in [6.07, 6.45) is 2.71. The minimum Gasteiger partial charge on any atom is -0.364 e. The molecule has 0 N–H and O–H groups in total. The maximum atomic E-state index is 11.6. The number of hydrogen-bond donors (Lipinski definition) is 0. The van der Waals surface area contributed by atoms with E-state index in [1.54, 1.807) is 0 Å². The van der Waals surface area contributed by atoms with Crippen LogP contribution in [0.4, 0.5) is 0 Å². The Bertz CT molecular complexity index is 312. The maximum Gasteiger partial charge on any atom is 0.263 e. The first kappa shape index (κ1) is 14.3. The SMILES string of the molecule is C=CC1=C(C=C)C(=O)N(COC)C1=O.CC. The zero-order valence-electron chi connectivity index (χ0n) is 9.95. The van der Waals surface area contributed by atoms with E-state index in [1.807, 2.05) is 13.8 Å². The monoisotopic (exact) mass is 223 g/mol. The molecule has 1 rings (SSSR count). The predicted molar refractivity (Wildman–Crippen MR) is 62.5 cm³/mol.